The number of carbonyl (C=O) groups is 1. The van der Waals surface area contributed by atoms with E-state index in [9.17, 15) is 4.79 Å². The van der Waals surface area contributed by atoms with Crippen molar-refractivity contribution in [3.8, 4) is 17.1 Å². The van der Waals surface area contributed by atoms with Crippen LogP contribution in [-0.4, -0.2) is 27.8 Å². The normalized spacial score (nSPS) is 11.1. The average molecular weight is 473 g/mol. The minimum atomic E-state index is -0.0111. The van der Waals surface area contributed by atoms with Crippen LogP contribution in [0, 0.1) is 0 Å². The fourth-order valence-electron chi connectivity index (χ4n) is 3.89. The summed E-state index contributed by atoms with van der Waals surface area (Å²) in [5.74, 6) is 5.58. The summed E-state index contributed by atoms with van der Waals surface area (Å²) in [6, 6.07) is 21.9. The molecule has 8 heteroatoms. The Morgan fingerprint density at radius 2 is 1.71 bits per heavy atom. The second-order valence-electron chi connectivity index (χ2n) is 7.51. The number of imidazole rings is 1. The molecule has 0 fully saturated rings. The first-order valence-corrected chi connectivity index (χ1v) is 11.6. The van der Waals surface area contributed by atoms with Crippen molar-refractivity contribution in [2.75, 3.05) is 6.61 Å². The van der Waals surface area contributed by atoms with E-state index >= 15 is 0 Å². The number of hydrogen-bond donors (Lipinski definition) is 3. The number of Topliss-reactive ketones (excluding diaryl/α,β-unsaturated/α-hetero) is 1. The number of hydrazine groups is 1. The molecule has 8 nitrogen and oxygen atoms in total. The number of amidine groups is 1. The number of nitrogens with two attached hydrogens (primary N) is 2. The van der Waals surface area contributed by atoms with Crippen molar-refractivity contribution in [2.45, 2.75) is 34.2 Å². The molecule has 4 rings (SSSR count). The lowest BCUT2D eigenvalue weighted by Gasteiger charge is -2.12. The van der Waals surface area contributed by atoms with Crippen LogP contribution in [0.5, 0.6) is 6.01 Å². The van der Waals surface area contributed by atoms with Crippen molar-refractivity contribution in [3.63, 3.8) is 0 Å². The lowest BCUT2D eigenvalue weighted by Crippen LogP contribution is -2.23. The molecule has 0 aliphatic heterocycles. The van der Waals surface area contributed by atoms with Crippen molar-refractivity contribution in [3.05, 3.63) is 83.4 Å². The van der Waals surface area contributed by atoms with E-state index in [1.165, 1.54) is 0 Å². The number of para-hydroxylation sites is 1. The largest absolute Gasteiger partial charge is 0.465 e. The van der Waals surface area contributed by atoms with Gasteiger partial charge in [0.25, 0.3) is 6.01 Å². The van der Waals surface area contributed by atoms with Crippen LogP contribution >= 0.6 is 0 Å². The first-order valence-electron chi connectivity index (χ1n) is 11.6. The van der Waals surface area contributed by atoms with Crippen LogP contribution in [0.4, 0.5) is 0 Å². The maximum absolute atomic E-state index is 12.3. The predicted octanol–water partition coefficient (Wildman–Crippen LogP) is 4.46. The maximum atomic E-state index is 12.3. The number of benzene rings is 3. The zero-order valence-corrected chi connectivity index (χ0v) is 20.6. The molecule has 0 radical (unpaired) electrons. The summed E-state index contributed by atoms with van der Waals surface area (Å²) in [6.45, 7) is 8.47. The molecule has 3 aromatic carbocycles. The topological polar surface area (TPSA) is 121 Å². The third kappa shape index (κ3) is 5.50. The van der Waals surface area contributed by atoms with E-state index in [1.54, 1.807) is 6.92 Å². The van der Waals surface area contributed by atoms with Gasteiger partial charge >= 0.3 is 0 Å². The minimum absolute atomic E-state index is 0.0111. The van der Waals surface area contributed by atoms with Gasteiger partial charge in [-0.3, -0.25) is 9.36 Å². The maximum Gasteiger partial charge on any atom is 0.297 e. The number of rotatable bonds is 8. The van der Waals surface area contributed by atoms with E-state index < -0.39 is 0 Å². The molecule has 0 spiro atoms. The molecule has 0 saturated carbocycles. The van der Waals surface area contributed by atoms with Gasteiger partial charge < -0.3 is 10.5 Å². The summed E-state index contributed by atoms with van der Waals surface area (Å²) in [6.07, 6.45) is 0. The Bertz CT molecular complexity index is 1330. The van der Waals surface area contributed by atoms with Gasteiger partial charge in [0.15, 0.2) is 11.6 Å². The second-order valence-corrected chi connectivity index (χ2v) is 7.51. The Morgan fingerprint density at radius 3 is 2.37 bits per heavy atom. The molecule has 1 aromatic heterocycles. The van der Waals surface area contributed by atoms with Gasteiger partial charge in [-0.1, -0.05) is 68.4 Å². The van der Waals surface area contributed by atoms with Gasteiger partial charge in [0.1, 0.15) is 0 Å². The number of aromatic nitrogens is 2. The number of nitrogens with zero attached hydrogens (tertiary/aromatic N) is 3. The third-order valence-electron chi connectivity index (χ3n) is 5.38. The highest BCUT2D eigenvalue weighted by atomic mass is 16.5. The van der Waals surface area contributed by atoms with Gasteiger partial charge in [-0.15, -0.1) is 5.10 Å². The molecular formula is C27H32N6O2. The third-order valence-corrected chi connectivity index (χ3v) is 5.38. The van der Waals surface area contributed by atoms with E-state index in [4.69, 9.17) is 16.3 Å². The molecule has 0 aliphatic rings. The second kappa shape index (κ2) is 11.8. The van der Waals surface area contributed by atoms with Crippen LogP contribution in [0.1, 0.15) is 49.2 Å². The molecule has 182 valence electrons. The summed E-state index contributed by atoms with van der Waals surface area (Å²) < 4.78 is 7.74. The molecule has 1 heterocycles. The monoisotopic (exact) mass is 472 g/mol. The Balaban J connectivity index is 0.00000167. The number of fused-ring (bicyclic) bond motifs is 1. The summed E-state index contributed by atoms with van der Waals surface area (Å²) in [7, 11) is 0. The fourth-order valence-corrected chi connectivity index (χ4v) is 3.89. The molecule has 0 bridgehead atoms. The minimum Gasteiger partial charge on any atom is -0.465 e. The molecule has 0 atom stereocenters. The Kier molecular flexibility index (Phi) is 8.58. The summed E-state index contributed by atoms with van der Waals surface area (Å²) in [5, 5.41) is 3.90. The number of ether oxygens (including phenoxy) is 1. The Labute approximate surface area is 205 Å². The van der Waals surface area contributed by atoms with Gasteiger partial charge in [-0.2, -0.15) is 4.98 Å². The van der Waals surface area contributed by atoms with Crippen molar-refractivity contribution in [2.24, 2.45) is 16.7 Å². The first-order chi connectivity index (χ1) is 17.0. The van der Waals surface area contributed by atoms with E-state index in [0.717, 1.165) is 33.3 Å². The first kappa shape index (κ1) is 25.5. The van der Waals surface area contributed by atoms with Crippen LogP contribution in [0.25, 0.3) is 22.2 Å². The van der Waals surface area contributed by atoms with Crippen LogP contribution < -0.4 is 21.8 Å². The quantitative estimate of drug-likeness (QED) is 0.114. The van der Waals surface area contributed by atoms with E-state index in [0.29, 0.717) is 30.6 Å². The zero-order valence-electron chi connectivity index (χ0n) is 20.6. The van der Waals surface area contributed by atoms with Crippen LogP contribution in [0.3, 0.4) is 0 Å². The van der Waals surface area contributed by atoms with Crippen LogP contribution in [0.15, 0.2) is 71.8 Å². The SMILES string of the molecule is CC.CCOc1nc2cccc(C(C)=O)c2n1Cc1ccc(-c2ccccc2/C(N)=N/NN)cc1. The molecule has 0 aliphatic carbocycles. The average Bonchev–Trinajstić information content (AvgIpc) is 3.23. The van der Waals surface area contributed by atoms with E-state index in [-0.39, 0.29) is 5.78 Å². The number of carbonyl (C=O) groups excluding carboxylic acids is 1. The Hall–Kier alpha value is -4.17. The Morgan fingerprint density at radius 1 is 1.03 bits per heavy atom. The summed E-state index contributed by atoms with van der Waals surface area (Å²) >= 11 is 0. The van der Waals surface area contributed by atoms with Gasteiger partial charge in [-0.05, 0) is 42.7 Å². The van der Waals surface area contributed by atoms with Gasteiger partial charge in [0.2, 0.25) is 0 Å². The van der Waals surface area contributed by atoms with Gasteiger partial charge in [-0.25, -0.2) is 11.4 Å². The van der Waals surface area contributed by atoms with Crippen molar-refractivity contribution >= 4 is 22.7 Å². The zero-order chi connectivity index (χ0) is 25.4. The molecule has 4 aromatic rings. The number of ketones is 1. The molecule has 0 amide bonds. The van der Waals surface area contributed by atoms with Crippen LogP contribution in [-0.2, 0) is 6.54 Å². The smallest absolute Gasteiger partial charge is 0.297 e. The standard InChI is InChI=1S/C25H26N6O2.C2H6/c1-3-33-25-28-22-10-6-9-19(16(2)32)23(22)31(25)15-17-11-13-18(14-12-17)20-7-4-5-8-21(20)24(26)29-30-27;1-2/h4-14,30H,3,15,27H2,1-2H3,(H2,26,29);1-2H3. The summed E-state index contributed by atoms with van der Waals surface area (Å²) in [4.78, 5) is 16.9. The van der Waals surface area contributed by atoms with E-state index in [2.05, 4.69) is 15.6 Å². The van der Waals surface area contributed by atoms with Crippen molar-refractivity contribution in [1.82, 2.24) is 15.1 Å². The van der Waals surface area contributed by atoms with Gasteiger partial charge in [0, 0.05) is 11.1 Å². The molecule has 35 heavy (non-hydrogen) atoms. The van der Waals surface area contributed by atoms with Crippen LogP contribution in [0.2, 0.25) is 0 Å². The highest BCUT2D eigenvalue weighted by Crippen LogP contribution is 2.28. The lowest BCUT2D eigenvalue weighted by molar-refractivity contribution is 0.101. The number of nitrogens with one attached hydrogen (secondary N) is 1. The number of hydrogen-bond acceptors (Lipinski definition) is 6. The highest BCUT2D eigenvalue weighted by molar-refractivity contribution is 6.05. The van der Waals surface area contributed by atoms with E-state index in [1.807, 2.05) is 92.1 Å². The fraction of sp³-hybridized carbons (Fsp3) is 0.222. The molecular weight excluding hydrogens is 440 g/mol. The molecule has 5 N–H and O–H groups in total. The molecule has 0 saturated heterocycles. The summed E-state index contributed by atoms with van der Waals surface area (Å²) in [5.41, 5.74) is 14.2. The highest BCUT2D eigenvalue weighted by Gasteiger charge is 2.17. The number of hydrazone groups is 1. The van der Waals surface area contributed by atoms with Crippen molar-refractivity contribution in [1.29, 1.82) is 0 Å². The predicted molar refractivity (Wildman–Crippen MR) is 141 cm³/mol. The van der Waals surface area contributed by atoms with Crippen molar-refractivity contribution < 1.29 is 9.53 Å². The molecule has 0 unspecified atom stereocenters. The van der Waals surface area contributed by atoms with Gasteiger partial charge in [0.05, 0.1) is 24.2 Å². The lowest BCUT2D eigenvalue weighted by atomic mass is 9.98.